The minimum atomic E-state index is -0.312. The van der Waals surface area contributed by atoms with Gasteiger partial charge in [0, 0.05) is 25.2 Å². The van der Waals surface area contributed by atoms with E-state index in [0.717, 1.165) is 12.1 Å². The summed E-state index contributed by atoms with van der Waals surface area (Å²) in [6.45, 7) is 8.45. The van der Waals surface area contributed by atoms with Gasteiger partial charge >= 0.3 is 7.12 Å². The molecule has 0 N–H and O–H groups in total. The molecule has 1 saturated heterocycles. The lowest BCUT2D eigenvalue weighted by molar-refractivity contribution is 0.0336. The third-order valence-electron chi connectivity index (χ3n) is 2.44. The van der Waals surface area contributed by atoms with Crippen molar-refractivity contribution < 1.29 is 9.31 Å². The van der Waals surface area contributed by atoms with Crippen molar-refractivity contribution in [1.29, 1.82) is 0 Å². The monoisotopic (exact) mass is 209 g/mol. The maximum absolute atomic E-state index is 5.66. The average molecular weight is 209 g/mol. The Labute approximate surface area is 89.9 Å². The van der Waals surface area contributed by atoms with E-state index in [1.807, 2.05) is 6.92 Å². The molecule has 5 nitrogen and oxygen atoms in total. The Morgan fingerprint density at radius 1 is 1.47 bits per heavy atom. The Morgan fingerprint density at radius 2 is 2.13 bits per heavy atom. The Balaban J connectivity index is 2.07. The molecule has 82 valence electrons. The van der Waals surface area contributed by atoms with Gasteiger partial charge in [0.1, 0.15) is 0 Å². The van der Waals surface area contributed by atoms with E-state index >= 15 is 0 Å². The summed E-state index contributed by atoms with van der Waals surface area (Å²) in [7, 11) is -0.312. The maximum atomic E-state index is 5.66. The van der Waals surface area contributed by atoms with Crippen LogP contribution >= 0.6 is 0 Å². The van der Waals surface area contributed by atoms with E-state index in [1.54, 1.807) is 10.9 Å². The lowest BCUT2D eigenvalue weighted by atomic mass is 9.80. The van der Waals surface area contributed by atoms with Crippen LogP contribution in [-0.2, 0) is 15.9 Å². The summed E-state index contributed by atoms with van der Waals surface area (Å²) in [5.41, 5.74) is 0.995. The van der Waals surface area contributed by atoms with Gasteiger partial charge in [-0.1, -0.05) is 19.1 Å². The van der Waals surface area contributed by atoms with Crippen LogP contribution in [0.2, 0.25) is 0 Å². The fourth-order valence-corrected chi connectivity index (χ4v) is 1.56. The summed E-state index contributed by atoms with van der Waals surface area (Å²) in [5, 5.41) is 7.81. The van der Waals surface area contributed by atoms with Crippen LogP contribution in [0.5, 0.6) is 0 Å². The molecule has 1 aliphatic heterocycles. The molecule has 0 aromatic carbocycles. The highest BCUT2D eigenvalue weighted by Gasteiger charge is 2.35. The fraction of sp³-hybridized carbons (Fsp3) is 0.778. The van der Waals surface area contributed by atoms with Gasteiger partial charge in [-0.3, -0.25) is 4.68 Å². The number of hydrogen-bond acceptors (Lipinski definition) is 4. The lowest BCUT2D eigenvalue weighted by Gasteiger charge is -2.32. The van der Waals surface area contributed by atoms with Crippen molar-refractivity contribution in [3.05, 3.63) is 6.20 Å². The number of nitrogens with zero attached hydrogens (tertiary/aromatic N) is 3. The van der Waals surface area contributed by atoms with Gasteiger partial charge in [0.15, 0.2) is 0 Å². The van der Waals surface area contributed by atoms with Gasteiger partial charge in [0.2, 0.25) is 0 Å². The maximum Gasteiger partial charge on any atom is 0.514 e. The molecule has 1 fully saturated rings. The van der Waals surface area contributed by atoms with E-state index in [0.29, 0.717) is 13.2 Å². The third kappa shape index (κ3) is 2.21. The molecule has 2 heterocycles. The topological polar surface area (TPSA) is 49.2 Å². The zero-order valence-electron chi connectivity index (χ0n) is 9.43. The van der Waals surface area contributed by atoms with Gasteiger partial charge in [0.05, 0.1) is 11.8 Å². The first-order chi connectivity index (χ1) is 7.12. The molecule has 0 bridgehead atoms. The molecule has 0 radical (unpaired) electrons. The van der Waals surface area contributed by atoms with Gasteiger partial charge in [-0.25, -0.2) is 0 Å². The van der Waals surface area contributed by atoms with Crippen LogP contribution < -0.4 is 5.59 Å². The molecule has 1 aromatic rings. The van der Waals surface area contributed by atoms with Crippen LogP contribution in [0.1, 0.15) is 20.8 Å². The number of aryl methyl sites for hydroxylation is 1. The van der Waals surface area contributed by atoms with Crippen LogP contribution in [0, 0.1) is 5.41 Å². The predicted molar refractivity (Wildman–Crippen MR) is 56.8 cm³/mol. The van der Waals surface area contributed by atoms with E-state index in [4.69, 9.17) is 9.31 Å². The van der Waals surface area contributed by atoms with Crippen molar-refractivity contribution in [3.8, 4) is 0 Å². The van der Waals surface area contributed by atoms with Crippen molar-refractivity contribution in [2.75, 3.05) is 13.2 Å². The minimum absolute atomic E-state index is 0.0982. The first-order valence-electron chi connectivity index (χ1n) is 5.24. The predicted octanol–water partition coefficient (Wildman–Crippen LogP) is 0.0662. The summed E-state index contributed by atoms with van der Waals surface area (Å²) >= 11 is 0. The summed E-state index contributed by atoms with van der Waals surface area (Å²) in [6, 6.07) is 0. The van der Waals surface area contributed by atoms with Gasteiger partial charge in [-0.2, -0.15) is 0 Å². The van der Waals surface area contributed by atoms with Gasteiger partial charge in [-0.15, -0.1) is 5.10 Å². The molecule has 0 saturated carbocycles. The zero-order valence-corrected chi connectivity index (χ0v) is 9.43. The van der Waals surface area contributed by atoms with E-state index in [2.05, 4.69) is 24.2 Å². The Kier molecular flexibility index (Phi) is 2.80. The molecule has 15 heavy (non-hydrogen) atoms. The van der Waals surface area contributed by atoms with Crippen LogP contribution in [0.3, 0.4) is 0 Å². The highest BCUT2D eigenvalue weighted by Crippen LogP contribution is 2.21. The van der Waals surface area contributed by atoms with Gasteiger partial charge in [-0.05, 0) is 6.92 Å². The Morgan fingerprint density at radius 3 is 2.73 bits per heavy atom. The first kappa shape index (κ1) is 10.6. The standard InChI is InChI=1S/C9H16BN3O2/c1-4-13-8(5-11-12-13)10-14-6-9(2,3)7-15-10/h5H,4,6-7H2,1-3H3. The minimum Gasteiger partial charge on any atom is -0.406 e. The zero-order chi connectivity index (χ0) is 10.9. The summed E-state index contributed by atoms with van der Waals surface area (Å²) in [5.74, 6) is 0. The summed E-state index contributed by atoms with van der Waals surface area (Å²) in [6.07, 6.45) is 1.70. The third-order valence-corrected chi connectivity index (χ3v) is 2.44. The van der Waals surface area contributed by atoms with Gasteiger partial charge < -0.3 is 9.31 Å². The molecule has 0 atom stereocenters. The largest absolute Gasteiger partial charge is 0.514 e. The quantitative estimate of drug-likeness (QED) is 0.646. The van der Waals surface area contributed by atoms with Crippen molar-refractivity contribution in [1.82, 2.24) is 15.0 Å². The molecule has 1 aromatic heterocycles. The average Bonchev–Trinajstić information content (AvgIpc) is 2.65. The van der Waals surface area contributed by atoms with E-state index in [1.165, 1.54) is 0 Å². The molecular formula is C9H16BN3O2. The normalized spacial score (nSPS) is 20.6. The SMILES string of the molecule is CCn1nncc1B1OCC(C)(C)CO1. The van der Waals surface area contributed by atoms with Crippen molar-refractivity contribution in [3.63, 3.8) is 0 Å². The molecule has 0 spiro atoms. The number of rotatable bonds is 2. The smallest absolute Gasteiger partial charge is 0.406 e. The van der Waals surface area contributed by atoms with Gasteiger partial charge in [0.25, 0.3) is 0 Å². The van der Waals surface area contributed by atoms with Crippen LogP contribution in [0.25, 0.3) is 0 Å². The van der Waals surface area contributed by atoms with Crippen molar-refractivity contribution >= 4 is 12.7 Å². The first-order valence-corrected chi connectivity index (χ1v) is 5.24. The van der Waals surface area contributed by atoms with Crippen LogP contribution in [0.4, 0.5) is 0 Å². The molecule has 0 aliphatic carbocycles. The van der Waals surface area contributed by atoms with Crippen molar-refractivity contribution in [2.45, 2.75) is 27.3 Å². The Bertz CT molecular complexity index is 330. The number of hydrogen-bond donors (Lipinski definition) is 0. The molecule has 6 heteroatoms. The number of aromatic nitrogens is 3. The van der Waals surface area contributed by atoms with Crippen LogP contribution in [-0.4, -0.2) is 35.3 Å². The van der Waals surface area contributed by atoms with E-state index < -0.39 is 0 Å². The second kappa shape index (κ2) is 3.94. The van der Waals surface area contributed by atoms with Crippen LogP contribution in [0.15, 0.2) is 6.20 Å². The highest BCUT2D eigenvalue weighted by atomic mass is 16.6. The molecule has 1 aliphatic rings. The molecule has 2 rings (SSSR count). The molecule has 0 amide bonds. The van der Waals surface area contributed by atoms with Crippen molar-refractivity contribution in [2.24, 2.45) is 5.41 Å². The second-order valence-corrected chi connectivity index (χ2v) is 4.59. The van der Waals surface area contributed by atoms with E-state index in [-0.39, 0.29) is 12.5 Å². The summed E-state index contributed by atoms with van der Waals surface area (Å²) in [4.78, 5) is 0. The fourth-order valence-electron chi connectivity index (χ4n) is 1.56. The second-order valence-electron chi connectivity index (χ2n) is 4.59. The lowest BCUT2D eigenvalue weighted by Crippen LogP contribution is -2.49. The highest BCUT2D eigenvalue weighted by molar-refractivity contribution is 6.60. The Hall–Kier alpha value is -0.875. The molecule has 0 unspecified atom stereocenters. The summed E-state index contributed by atoms with van der Waals surface area (Å²) < 4.78 is 13.1. The van der Waals surface area contributed by atoms with E-state index in [9.17, 15) is 0 Å². The molecular weight excluding hydrogens is 193 g/mol.